The number of thiophene rings is 1. The third kappa shape index (κ3) is 2.70. The molecule has 0 radical (unpaired) electrons. The van der Waals surface area contributed by atoms with Crippen LogP contribution in [0.2, 0.25) is 0 Å². The molecule has 114 valence electrons. The number of primary amides is 1. The third-order valence-corrected chi connectivity index (χ3v) is 5.32. The second-order valence-corrected chi connectivity index (χ2v) is 6.86. The van der Waals surface area contributed by atoms with Crippen LogP contribution in [-0.2, 0) is 0 Å². The smallest absolute Gasteiger partial charge is 0.263 e. The molecule has 2 saturated carbocycles. The number of nitrogens with two attached hydrogens (primary N) is 2. The Morgan fingerprint density at radius 2 is 1.81 bits per heavy atom. The molecule has 6 nitrogen and oxygen atoms in total. The maximum Gasteiger partial charge on any atom is 0.263 e. The van der Waals surface area contributed by atoms with Gasteiger partial charge in [-0.25, -0.2) is 0 Å². The predicted molar refractivity (Wildman–Crippen MR) is 83.5 cm³/mol. The van der Waals surface area contributed by atoms with Gasteiger partial charge in [0.2, 0.25) is 0 Å². The van der Waals surface area contributed by atoms with Crippen molar-refractivity contribution >= 4 is 33.8 Å². The molecule has 0 aliphatic heterocycles. The Morgan fingerprint density at radius 3 is 2.24 bits per heavy atom. The highest BCUT2D eigenvalue weighted by Crippen LogP contribution is 2.47. The average Bonchev–Trinajstić information content (AvgIpc) is 3.33. The SMILES string of the molecule is CNC(=O)c1sc(NC(C2CC2)C2CC2)c(C(N)=O)c1N. The highest BCUT2D eigenvalue weighted by atomic mass is 32.1. The van der Waals surface area contributed by atoms with Gasteiger partial charge in [-0.05, 0) is 37.5 Å². The van der Waals surface area contributed by atoms with Crippen molar-refractivity contribution in [1.82, 2.24) is 5.32 Å². The van der Waals surface area contributed by atoms with E-state index < -0.39 is 5.91 Å². The molecule has 3 rings (SSSR count). The van der Waals surface area contributed by atoms with Crippen molar-refractivity contribution in [1.29, 1.82) is 0 Å². The molecule has 0 spiro atoms. The number of nitrogen functional groups attached to an aromatic ring is 1. The van der Waals surface area contributed by atoms with Gasteiger partial charge in [-0.1, -0.05) is 0 Å². The molecule has 21 heavy (non-hydrogen) atoms. The lowest BCUT2D eigenvalue weighted by Crippen LogP contribution is -2.25. The highest BCUT2D eigenvalue weighted by Gasteiger charge is 2.42. The lowest BCUT2D eigenvalue weighted by atomic mass is 10.1. The van der Waals surface area contributed by atoms with E-state index in [1.54, 1.807) is 0 Å². The number of nitrogens with one attached hydrogen (secondary N) is 2. The van der Waals surface area contributed by atoms with Crippen LogP contribution >= 0.6 is 11.3 Å². The molecule has 2 amide bonds. The van der Waals surface area contributed by atoms with Gasteiger partial charge in [0, 0.05) is 13.1 Å². The molecule has 0 atom stereocenters. The summed E-state index contributed by atoms with van der Waals surface area (Å²) in [5.74, 6) is 0.462. The highest BCUT2D eigenvalue weighted by molar-refractivity contribution is 7.19. The first-order chi connectivity index (χ1) is 10.0. The number of amides is 2. The van der Waals surface area contributed by atoms with Gasteiger partial charge in [0.25, 0.3) is 11.8 Å². The third-order valence-electron chi connectivity index (χ3n) is 4.18. The zero-order valence-corrected chi connectivity index (χ0v) is 12.8. The summed E-state index contributed by atoms with van der Waals surface area (Å²) in [5, 5.41) is 6.63. The fraction of sp³-hybridized carbons (Fsp3) is 0.571. The second kappa shape index (κ2) is 5.22. The Kier molecular flexibility index (Phi) is 3.52. The molecular formula is C14H20N4O2S. The number of carbonyl (C=O) groups excluding carboxylic acids is 2. The van der Waals surface area contributed by atoms with Crippen molar-refractivity contribution in [3.63, 3.8) is 0 Å². The summed E-state index contributed by atoms with van der Waals surface area (Å²) in [6.45, 7) is 0. The minimum absolute atomic E-state index is 0.180. The molecule has 0 bridgehead atoms. The number of anilines is 2. The Hall–Kier alpha value is -1.76. The molecule has 1 aromatic heterocycles. The largest absolute Gasteiger partial charge is 0.397 e. The van der Waals surface area contributed by atoms with Crippen molar-refractivity contribution in [2.75, 3.05) is 18.1 Å². The van der Waals surface area contributed by atoms with Crippen molar-refractivity contribution in [2.45, 2.75) is 31.7 Å². The minimum atomic E-state index is -0.591. The molecule has 0 aromatic carbocycles. The maximum atomic E-state index is 11.8. The van der Waals surface area contributed by atoms with Crippen LogP contribution < -0.4 is 22.1 Å². The Bertz CT molecular complexity index is 578. The quantitative estimate of drug-likeness (QED) is 0.636. The first-order valence-corrected chi connectivity index (χ1v) is 8.05. The molecule has 1 heterocycles. The second-order valence-electron chi connectivity index (χ2n) is 5.84. The van der Waals surface area contributed by atoms with E-state index in [2.05, 4.69) is 10.6 Å². The number of hydrogen-bond donors (Lipinski definition) is 4. The van der Waals surface area contributed by atoms with Crippen molar-refractivity contribution in [2.24, 2.45) is 17.6 Å². The normalized spacial score (nSPS) is 17.8. The van der Waals surface area contributed by atoms with Crippen LogP contribution in [0.15, 0.2) is 0 Å². The molecule has 7 heteroatoms. The number of hydrogen-bond acceptors (Lipinski definition) is 5. The van der Waals surface area contributed by atoms with Crippen LogP contribution in [-0.4, -0.2) is 24.9 Å². The maximum absolute atomic E-state index is 11.8. The van der Waals surface area contributed by atoms with Crippen molar-refractivity contribution in [3.8, 4) is 0 Å². The molecular weight excluding hydrogens is 288 g/mol. The fourth-order valence-electron chi connectivity index (χ4n) is 2.76. The Morgan fingerprint density at radius 1 is 1.24 bits per heavy atom. The number of rotatable bonds is 6. The minimum Gasteiger partial charge on any atom is -0.397 e. The van der Waals surface area contributed by atoms with Gasteiger partial charge in [0.05, 0.1) is 11.3 Å². The van der Waals surface area contributed by atoms with Gasteiger partial charge < -0.3 is 22.1 Å². The fourth-order valence-corrected chi connectivity index (χ4v) is 3.87. The van der Waals surface area contributed by atoms with E-state index in [-0.39, 0.29) is 17.2 Å². The lowest BCUT2D eigenvalue weighted by Gasteiger charge is -2.18. The van der Waals surface area contributed by atoms with E-state index in [1.807, 2.05) is 0 Å². The molecule has 2 aliphatic carbocycles. The molecule has 6 N–H and O–H groups in total. The standard InChI is InChI=1S/C14H20N4O2S/c1-17-13(20)11-9(15)8(12(16)19)14(21-11)18-10(6-2-3-6)7-4-5-7/h6-7,10,18H,2-5,15H2,1H3,(H2,16,19)(H,17,20). The first kappa shape index (κ1) is 14.2. The summed E-state index contributed by atoms with van der Waals surface area (Å²) in [6, 6.07) is 0.374. The van der Waals surface area contributed by atoms with E-state index in [0.717, 1.165) is 0 Å². The monoisotopic (exact) mass is 308 g/mol. The van der Waals surface area contributed by atoms with E-state index in [1.165, 1.54) is 44.1 Å². The van der Waals surface area contributed by atoms with Crippen molar-refractivity contribution < 1.29 is 9.59 Å². The Labute approximate surface area is 127 Å². The van der Waals surface area contributed by atoms with Gasteiger partial charge in [-0.15, -0.1) is 11.3 Å². The van der Waals surface area contributed by atoms with Crippen LogP contribution in [0.4, 0.5) is 10.7 Å². The van der Waals surface area contributed by atoms with E-state index >= 15 is 0 Å². The zero-order chi connectivity index (χ0) is 15.1. The summed E-state index contributed by atoms with van der Waals surface area (Å²) in [5.41, 5.74) is 11.8. The molecule has 0 saturated heterocycles. The van der Waals surface area contributed by atoms with Crippen LogP contribution in [0.5, 0.6) is 0 Å². The molecule has 2 aliphatic rings. The topological polar surface area (TPSA) is 110 Å². The van der Waals surface area contributed by atoms with Gasteiger partial charge in [0.1, 0.15) is 9.88 Å². The van der Waals surface area contributed by atoms with Crippen molar-refractivity contribution in [3.05, 3.63) is 10.4 Å². The summed E-state index contributed by atoms with van der Waals surface area (Å²) < 4.78 is 0. The van der Waals surface area contributed by atoms with Gasteiger partial charge in [0.15, 0.2) is 0 Å². The predicted octanol–water partition coefficient (Wildman–Crippen LogP) is 1.39. The van der Waals surface area contributed by atoms with Gasteiger partial charge in [-0.2, -0.15) is 0 Å². The van der Waals surface area contributed by atoms with E-state index in [0.29, 0.717) is 27.8 Å². The molecule has 2 fully saturated rings. The summed E-state index contributed by atoms with van der Waals surface area (Å²) in [7, 11) is 1.54. The average molecular weight is 308 g/mol. The van der Waals surface area contributed by atoms with Crippen LogP contribution in [0.3, 0.4) is 0 Å². The first-order valence-electron chi connectivity index (χ1n) is 7.23. The Balaban J connectivity index is 1.92. The molecule has 1 aromatic rings. The van der Waals surface area contributed by atoms with E-state index in [4.69, 9.17) is 11.5 Å². The van der Waals surface area contributed by atoms with Crippen LogP contribution in [0.1, 0.15) is 45.7 Å². The summed E-state index contributed by atoms with van der Waals surface area (Å²) in [6.07, 6.45) is 4.90. The zero-order valence-electron chi connectivity index (χ0n) is 11.9. The van der Waals surface area contributed by atoms with E-state index in [9.17, 15) is 9.59 Å². The summed E-state index contributed by atoms with van der Waals surface area (Å²) in [4.78, 5) is 23.9. The van der Waals surface area contributed by atoms with Gasteiger partial charge >= 0.3 is 0 Å². The lowest BCUT2D eigenvalue weighted by molar-refractivity contribution is 0.0967. The van der Waals surface area contributed by atoms with Gasteiger partial charge in [-0.3, -0.25) is 9.59 Å². The van der Waals surface area contributed by atoms with Crippen LogP contribution in [0.25, 0.3) is 0 Å². The van der Waals surface area contributed by atoms with Crippen LogP contribution in [0, 0.1) is 11.8 Å². The summed E-state index contributed by atoms with van der Waals surface area (Å²) >= 11 is 1.22. The number of carbonyl (C=O) groups is 2. The molecule has 0 unspecified atom stereocenters.